The number of benzene rings is 1. The number of non-ortho nitro benzene ring substituents is 1. The summed E-state index contributed by atoms with van der Waals surface area (Å²) in [5, 5.41) is 22.2. The van der Waals surface area contributed by atoms with E-state index < -0.39 is 16.6 Å². The lowest BCUT2D eigenvalue weighted by Crippen LogP contribution is -2.11. The largest absolute Gasteiger partial charge is 0.292 e. The zero-order valence-corrected chi connectivity index (χ0v) is 12.3. The van der Waals surface area contributed by atoms with E-state index in [2.05, 4.69) is 4.98 Å². The molecule has 2 rings (SSSR count). The fraction of sp³-hybridized carbons (Fsp3) is 0.154. The van der Waals surface area contributed by atoms with Crippen LogP contribution in [0.5, 0.6) is 0 Å². The maximum absolute atomic E-state index is 12.4. The smallest absolute Gasteiger partial charge is 0.271 e. The van der Waals surface area contributed by atoms with E-state index >= 15 is 0 Å². The fourth-order valence-corrected chi connectivity index (χ4v) is 2.79. The number of Topliss-reactive ketones (excluding diaryl/α,β-unsaturated/α-hetero) is 1. The molecule has 0 radical (unpaired) electrons. The zero-order valence-electron chi connectivity index (χ0n) is 10.7. The Morgan fingerprint density at radius 1 is 1.52 bits per heavy atom. The van der Waals surface area contributed by atoms with Gasteiger partial charge < -0.3 is 0 Å². The number of thiazole rings is 1. The molecule has 1 atom stereocenters. The number of carbonyl (C=O) groups excluding carboxylic acids is 1. The first kappa shape index (κ1) is 15.1. The second kappa shape index (κ2) is 5.99. The molecular formula is C13H8ClN3O3S. The molecule has 2 aromatic rings. The number of halogens is 1. The van der Waals surface area contributed by atoms with E-state index in [0.29, 0.717) is 10.7 Å². The molecule has 0 fully saturated rings. The molecule has 21 heavy (non-hydrogen) atoms. The highest BCUT2D eigenvalue weighted by Crippen LogP contribution is 2.27. The van der Waals surface area contributed by atoms with Crippen LogP contribution in [0.4, 0.5) is 5.69 Å². The van der Waals surface area contributed by atoms with Crippen LogP contribution in [0.25, 0.3) is 0 Å². The van der Waals surface area contributed by atoms with Crippen molar-refractivity contribution < 1.29 is 9.72 Å². The van der Waals surface area contributed by atoms with Gasteiger partial charge in [0, 0.05) is 33.8 Å². The van der Waals surface area contributed by atoms with Gasteiger partial charge in [-0.15, -0.1) is 11.3 Å². The number of nitro groups is 1. The van der Waals surface area contributed by atoms with Crippen molar-refractivity contribution in [2.75, 3.05) is 0 Å². The van der Waals surface area contributed by atoms with Gasteiger partial charge in [0.1, 0.15) is 5.01 Å². The van der Waals surface area contributed by atoms with Crippen molar-refractivity contribution in [3.63, 3.8) is 0 Å². The third-order valence-corrected chi connectivity index (χ3v) is 3.90. The van der Waals surface area contributed by atoms with Crippen LogP contribution in [0.2, 0.25) is 5.02 Å². The SMILES string of the molecule is Cc1csc([C@@H](C#N)C(=O)c2cc(Cl)cc([N+](=O)[O-])c2)n1. The average Bonchev–Trinajstić information content (AvgIpc) is 2.85. The van der Waals surface area contributed by atoms with E-state index in [-0.39, 0.29) is 16.3 Å². The van der Waals surface area contributed by atoms with Gasteiger partial charge in [-0.2, -0.15) is 5.26 Å². The van der Waals surface area contributed by atoms with Crippen molar-refractivity contribution in [1.29, 1.82) is 5.26 Å². The van der Waals surface area contributed by atoms with Crippen LogP contribution in [-0.4, -0.2) is 15.7 Å². The summed E-state index contributed by atoms with van der Waals surface area (Å²) in [6.07, 6.45) is 0. The Balaban J connectivity index is 2.43. The minimum Gasteiger partial charge on any atom is -0.292 e. The highest BCUT2D eigenvalue weighted by atomic mass is 35.5. The predicted octanol–water partition coefficient (Wildman–Crippen LogP) is 3.50. The summed E-state index contributed by atoms with van der Waals surface area (Å²) in [4.78, 5) is 26.7. The van der Waals surface area contributed by atoms with Crippen LogP contribution >= 0.6 is 22.9 Å². The van der Waals surface area contributed by atoms with Gasteiger partial charge in [-0.3, -0.25) is 14.9 Å². The molecule has 6 nitrogen and oxygen atoms in total. The van der Waals surface area contributed by atoms with Gasteiger partial charge >= 0.3 is 0 Å². The van der Waals surface area contributed by atoms with Crippen LogP contribution in [0.15, 0.2) is 23.6 Å². The number of nitrogens with zero attached hydrogens (tertiary/aromatic N) is 3. The number of hydrogen-bond donors (Lipinski definition) is 0. The lowest BCUT2D eigenvalue weighted by Gasteiger charge is -2.05. The highest BCUT2D eigenvalue weighted by Gasteiger charge is 2.26. The summed E-state index contributed by atoms with van der Waals surface area (Å²) in [7, 11) is 0. The van der Waals surface area contributed by atoms with Crippen molar-refractivity contribution >= 4 is 34.4 Å². The molecule has 0 unspecified atom stereocenters. The van der Waals surface area contributed by atoms with Crippen LogP contribution < -0.4 is 0 Å². The van der Waals surface area contributed by atoms with Crippen LogP contribution in [0.3, 0.4) is 0 Å². The number of ketones is 1. The first-order valence-corrected chi connectivity index (χ1v) is 6.99. The average molecular weight is 322 g/mol. The maximum atomic E-state index is 12.4. The lowest BCUT2D eigenvalue weighted by atomic mass is 9.99. The van der Waals surface area contributed by atoms with Crippen molar-refractivity contribution in [3.8, 4) is 6.07 Å². The maximum Gasteiger partial charge on any atom is 0.271 e. The molecule has 0 amide bonds. The quantitative estimate of drug-likeness (QED) is 0.487. The molecule has 8 heteroatoms. The minimum atomic E-state index is -1.10. The standard InChI is InChI=1S/C13H8ClN3O3S/c1-7-6-21-13(16-7)11(5-15)12(18)8-2-9(14)4-10(3-8)17(19)20/h2-4,6,11H,1H3/t11-/m0/s1. The molecule has 1 aromatic carbocycles. The molecule has 0 N–H and O–H groups in total. The van der Waals surface area contributed by atoms with Crippen LogP contribution in [0.1, 0.15) is 27.0 Å². The second-order valence-electron chi connectivity index (χ2n) is 4.21. The topological polar surface area (TPSA) is 96.9 Å². The van der Waals surface area contributed by atoms with Gasteiger partial charge in [-0.05, 0) is 13.0 Å². The van der Waals surface area contributed by atoms with Crippen LogP contribution in [-0.2, 0) is 0 Å². The van der Waals surface area contributed by atoms with E-state index in [0.717, 1.165) is 12.1 Å². The van der Waals surface area contributed by atoms with Crippen molar-refractivity contribution in [2.45, 2.75) is 12.8 Å². The molecule has 0 saturated carbocycles. The molecule has 106 valence electrons. The molecule has 0 aliphatic carbocycles. The Hall–Kier alpha value is -2.30. The first-order chi connectivity index (χ1) is 9.92. The number of nitriles is 1. The lowest BCUT2D eigenvalue weighted by molar-refractivity contribution is -0.384. The zero-order chi connectivity index (χ0) is 15.6. The predicted molar refractivity (Wildman–Crippen MR) is 77.6 cm³/mol. The van der Waals surface area contributed by atoms with Gasteiger partial charge in [0.25, 0.3) is 5.69 Å². The van der Waals surface area contributed by atoms with E-state index in [1.54, 1.807) is 12.3 Å². The number of aryl methyl sites for hydroxylation is 1. The molecular weight excluding hydrogens is 314 g/mol. The summed E-state index contributed by atoms with van der Waals surface area (Å²) in [6, 6.07) is 5.45. The highest BCUT2D eigenvalue weighted by molar-refractivity contribution is 7.10. The summed E-state index contributed by atoms with van der Waals surface area (Å²) in [6.45, 7) is 1.75. The first-order valence-electron chi connectivity index (χ1n) is 5.73. The fourth-order valence-electron chi connectivity index (χ4n) is 1.72. The third-order valence-electron chi connectivity index (χ3n) is 2.65. The number of aromatic nitrogens is 1. The van der Waals surface area contributed by atoms with Gasteiger partial charge in [0.05, 0.1) is 11.0 Å². The third kappa shape index (κ3) is 3.24. The summed E-state index contributed by atoms with van der Waals surface area (Å²) >= 11 is 6.98. The Morgan fingerprint density at radius 3 is 2.76 bits per heavy atom. The molecule has 0 aliphatic rings. The molecule has 1 heterocycles. The van der Waals surface area contributed by atoms with E-state index in [9.17, 15) is 20.2 Å². The van der Waals surface area contributed by atoms with E-state index in [4.69, 9.17) is 11.6 Å². The van der Waals surface area contributed by atoms with Crippen LogP contribution in [0, 0.1) is 28.4 Å². The second-order valence-corrected chi connectivity index (χ2v) is 5.53. The number of hydrogen-bond acceptors (Lipinski definition) is 6. The summed E-state index contributed by atoms with van der Waals surface area (Å²) in [5.74, 6) is -1.65. The van der Waals surface area contributed by atoms with Gasteiger partial charge in [0.2, 0.25) is 0 Å². The molecule has 0 bridgehead atoms. The summed E-state index contributed by atoms with van der Waals surface area (Å²) < 4.78 is 0. The molecule has 1 aromatic heterocycles. The number of rotatable bonds is 4. The Kier molecular flexibility index (Phi) is 4.31. The normalized spacial score (nSPS) is 11.7. The van der Waals surface area contributed by atoms with Crippen molar-refractivity contribution in [2.24, 2.45) is 0 Å². The van der Waals surface area contributed by atoms with Crippen molar-refractivity contribution in [1.82, 2.24) is 4.98 Å². The van der Waals surface area contributed by atoms with Gasteiger partial charge in [-0.25, -0.2) is 4.98 Å². The van der Waals surface area contributed by atoms with E-state index in [1.165, 1.54) is 17.4 Å². The minimum absolute atomic E-state index is 0.0219. The number of carbonyl (C=O) groups is 1. The Bertz CT molecular complexity index is 766. The van der Waals surface area contributed by atoms with E-state index in [1.807, 2.05) is 6.07 Å². The monoisotopic (exact) mass is 321 g/mol. The Labute approximate surface area is 128 Å². The van der Waals surface area contributed by atoms with Gasteiger partial charge in [0.15, 0.2) is 11.7 Å². The molecule has 0 aliphatic heterocycles. The van der Waals surface area contributed by atoms with Gasteiger partial charge in [-0.1, -0.05) is 11.6 Å². The molecule has 0 spiro atoms. The van der Waals surface area contributed by atoms with Crippen molar-refractivity contribution in [3.05, 3.63) is 55.0 Å². The Morgan fingerprint density at radius 2 is 2.24 bits per heavy atom. The summed E-state index contributed by atoms with van der Waals surface area (Å²) in [5.41, 5.74) is 0.437. The number of nitro benzene ring substituents is 1. The molecule has 0 saturated heterocycles.